The van der Waals surface area contributed by atoms with Crippen LogP contribution in [-0.4, -0.2) is 27.5 Å². The number of nitrogens with one attached hydrogen (secondary N) is 1. The Labute approximate surface area is 269 Å². The van der Waals surface area contributed by atoms with Crippen LogP contribution in [0.25, 0.3) is 21.9 Å². The van der Waals surface area contributed by atoms with Crippen molar-refractivity contribution in [1.82, 2.24) is 20.3 Å². The molecule has 5 rings (SSSR count). The van der Waals surface area contributed by atoms with Crippen molar-refractivity contribution in [1.29, 1.82) is 0 Å². The number of carbonyl (C=O) groups excluding carboxylic acids is 1. The minimum absolute atomic E-state index is 0.196. The second-order valence-corrected chi connectivity index (χ2v) is 12.5. The fraction of sp³-hybridized carbons (Fsp3) is 0.351. The Morgan fingerprint density at radius 1 is 1.13 bits per heavy atom. The third kappa shape index (κ3) is 8.21. The van der Waals surface area contributed by atoms with Gasteiger partial charge in [-0.3, -0.25) is 9.48 Å². The zero-order chi connectivity index (χ0) is 32.7. The van der Waals surface area contributed by atoms with Crippen molar-refractivity contribution >= 4 is 27.8 Å². The number of rotatable bonds is 12. The number of aromatic nitrogens is 3. The van der Waals surface area contributed by atoms with Gasteiger partial charge >= 0.3 is 5.63 Å². The van der Waals surface area contributed by atoms with Gasteiger partial charge in [0, 0.05) is 35.9 Å². The summed E-state index contributed by atoms with van der Waals surface area (Å²) in [6, 6.07) is 6.82. The average molecular weight is 623 g/mol. The van der Waals surface area contributed by atoms with Gasteiger partial charge in [0.1, 0.15) is 5.69 Å². The highest BCUT2D eigenvalue weighted by Gasteiger charge is 2.26. The van der Waals surface area contributed by atoms with E-state index in [1.165, 1.54) is 36.5 Å². The highest BCUT2D eigenvalue weighted by molar-refractivity contribution is 5.99. The number of fused-ring (bicyclic) bond motifs is 2. The molecule has 0 bridgehead atoms. The summed E-state index contributed by atoms with van der Waals surface area (Å²) in [5.74, 6) is 0.212. The molecule has 0 radical (unpaired) electrons. The molecule has 0 atom stereocenters. The molecule has 46 heavy (non-hydrogen) atoms. The van der Waals surface area contributed by atoms with Gasteiger partial charge in [0.05, 0.1) is 25.6 Å². The van der Waals surface area contributed by atoms with Crippen molar-refractivity contribution in [2.75, 3.05) is 6.61 Å². The molecule has 3 aromatic heterocycles. The van der Waals surface area contributed by atoms with Crippen LogP contribution in [0.3, 0.4) is 0 Å². The molecule has 0 spiro atoms. The highest BCUT2D eigenvalue weighted by atomic mass is 16.5. The molecular formula is C37H42N4O5. The Morgan fingerprint density at radius 2 is 1.96 bits per heavy atom. The second kappa shape index (κ2) is 14.5. The smallest absolute Gasteiger partial charge is 0.336 e. The van der Waals surface area contributed by atoms with E-state index in [0.29, 0.717) is 42.2 Å². The SMILES string of the molecule is CC(C=CC1=C(C)CCCC1(C)C)=CC=CC(C)=CC(=O)NCc1cn(CCCOc2c3occc3cc3ccc(=O)oc23)nn1. The van der Waals surface area contributed by atoms with Gasteiger partial charge in [-0.2, -0.15) is 0 Å². The molecule has 1 N–H and O–H groups in total. The number of furan rings is 1. The van der Waals surface area contributed by atoms with Crippen molar-refractivity contribution in [2.45, 2.75) is 73.4 Å². The maximum atomic E-state index is 12.5. The standard InChI is InChI=1S/C37H42N4O5/c1-25(12-14-31-27(3)11-7-17-37(31,4)5)9-6-10-26(2)21-32(42)38-23-30-24-41(40-39-30)18-8-19-44-36-34-29(16-20-45-34)22-28-13-15-33(43)46-35(28)36/h6,9-10,12-16,20-22,24H,7-8,11,17-19,23H2,1-5H3,(H,38,42). The number of benzene rings is 1. The van der Waals surface area contributed by atoms with Crippen LogP contribution < -0.4 is 15.7 Å². The van der Waals surface area contributed by atoms with E-state index in [4.69, 9.17) is 13.6 Å². The first-order valence-electron chi connectivity index (χ1n) is 15.7. The largest absolute Gasteiger partial charge is 0.486 e. The van der Waals surface area contributed by atoms with Crippen molar-refractivity contribution in [3.63, 3.8) is 0 Å². The van der Waals surface area contributed by atoms with E-state index in [9.17, 15) is 9.59 Å². The number of nitrogens with zero attached hydrogens (tertiary/aromatic N) is 3. The molecule has 240 valence electrons. The molecule has 1 aromatic carbocycles. The number of amides is 1. The van der Waals surface area contributed by atoms with Crippen molar-refractivity contribution in [3.8, 4) is 5.75 Å². The maximum absolute atomic E-state index is 12.5. The van der Waals surface area contributed by atoms with Gasteiger partial charge in [0.15, 0.2) is 11.2 Å². The molecule has 3 heterocycles. The van der Waals surface area contributed by atoms with E-state index >= 15 is 0 Å². The zero-order valence-corrected chi connectivity index (χ0v) is 27.3. The van der Waals surface area contributed by atoms with Crippen LogP contribution in [0.1, 0.15) is 66.0 Å². The van der Waals surface area contributed by atoms with E-state index in [0.717, 1.165) is 21.9 Å². The summed E-state index contributed by atoms with van der Waals surface area (Å²) >= 11 is 0. The van der Waals surface area contributed by atoms with Crippen molar-refractivity contribution in [2.24, 2.45) is 5.41 Å². The van der Waals surface area contributed by atoms with Gasteiger partial charge < -0.3 is 18.9 Å². The van der Waals surface area contributed by atoms with Crippen molar-refractivity contribution < 1.29 is 18.4 Å². The lowest BCUT2D eigenvalue weighted by molar-refractivity contribution is -0.116. The summed E-state index contributed by atoms with van der Waals surface area (Å²) in [5, 5.41) is 12.8. The Morgan fingerprint density at radius 3 is 2.78 bits per heavy atom. The molecule has 0 fully saturated rings. The van der Waals surface area contributed by atoms with Crippen molar-refractivity contribution in [3.05, 3.63) is 112 Å². The number of carbonyl (C=O) groups is 1. The summed E-state index contributed by atoms with van der Waals surface area (Å²) in [6.07, 6.45) is 19.6. The predicted molar refractivity (Wildman–Crippen MR) is 180 cm³/mol. The molecule has 0 saturated heterocycles. The van der Waals surface area contributed by atoms with Gasteiger partial charge in [-0.15, -0.1) is 5.10 Å². The molecular weight excluding hydrogens is 580 g/mol. The summed E-state index contributed by atoms with van der Waals surface area (Å²) in [5.41, 5.74) is 6.25. The fourth-order valence-electron chi connectivity index (χ4n) is 5.78. The normalized spacial score (nSPS) is 15.9. The Bertz CT molecular complexity index is 1930. The lowest BCUT2D eigenvalue weighted by atomic mass is 9.72. The number of ether oxygens (including phenoxy) is 1. The quantitative estimate of drug-likeness (QED) is 0.0744. The van der Waals surface area contributed by atoms with E-state index < -0.39 is 5.63 Å². The fourth-order valence-corrected chi connectivity index (χ4v) is 5.78. The van der Waals surface area contributed by atoms with Gasteiger partial charge in [-0.05, 0) is 74.8 Å². The van der Waals surface area contributed by atoms with Crippen LogP contribution in [0.2, 0.25) is 0 Å². The van der Waals surface area contributed by atoms with Gasteiger partial charge in [-0.1, -0.05) is 60.6 Å². The summed E-state index contributed by atoms with van der Waals surface area (Å²) in [6.45, 7) is 12.0. The van der Waals surface area contributed by atoms with Crippen LogP contribution in [-0.2, 0) is 17.9 Å². The highest BCUT2D eigenvalue weighted by Crippen LogP contribution is 2.41. The average Bonchev–Trinajstić information content (AvgIpc) is 3.67. The first-order chi connectivity index (χ1) is 22.1. The van der Waals surface area contributed by atoms with Gasteiger partial charge in [0.2, 0.25) is 11.7 Å². The monoisotopic (exact) mass is 622 g/mol. The van der Waals surface area contributed by atoms with Crippen LogP contribution in [0, 0.1) is 5.41 Å². The lowest BCUT2D eigenvalue weighted by Crippen LogP contribution is -2.20. The van der Waals surface area contributed by atoms with E-state index in [1.54, 1.807) is 29.3 Å². The molecule has 0 aliphatic heterocycles. The molecule has 1 aliphatic rings. The number of hydrogen-bond donors (Lipinski definition) is 1. The van der Waals surface area contributed by atoms with E-state index in [-0.39, 0.29) is 17.9 Å². The minimum Gasteiger partial charge on any atom is -0.486 e. The van der Waals surface area contributed by atoms with Crippen LogP contribution in [0.5, 0.6) is 5.75 Å². The molecule has 0 unspecified atom stereocenters. The lowest BCUT2D eigenvalue weighted by Gasteiger charge is -2.32. The van der Waals surface area contributed by atoms with Crippen LogP contribution in [0.4, 0.5) is 0 Å². The summed E-state index contributed by atoms with van der Waals surface area (Å²) in [7, 11) is 0. The topological polar surface area (TPSA) is 112 Å². The van der Waals surface area contributed by atoms with Gasteiger partial charge in [0.25, 0.3) is 0 Å². The third-order valence-electron chi connectivity index (χ3n) is 8.22. The predicted octanol–water partition coefficient (Wildman–Crippen LogP) is 7.75. The first kappa shape index (κ1) is 32.5. The maximum Gasteiger partial charge on any atom is 0.336 e. The molecule has 1 amide bonds. The third-order valence-corrected chi connectivity index (χ3v) is 8.22. The zero-order valence-electron chi connectivity index (χ0n) is 27.3. The van der Waals surface area contributed by atoms with E-state index in [2.05, 4.69) is 61.6 Å². The Balaban J connectivity index is 1.07. The van der Waals surface area contributed by atoms with E-state index in [1.807, 2.05) is 31.2 Å². The summed E-state index contributed by atoms with van der Waals surface area (Å²) in [4.78, 5) is 24.3. The second-order valence-electron chi connectivity index (χ2n) is 12.5. The molecule has 9 heteroatoms. The molecule has 0 saturated carbocycles. The molecule has 9 nitrogen and oxygen atoms in total. The van der Waals surface area contributed by atoms with Gasteiger partial charge in [-0.25, -0.2) is 4.79 Å². The minimum atomic E-state index is -0.453. The van der Waals surface area contributed by atoms with Crippen LogP contribution >= 0.6 is 0 Å². The van der Waals surface area contributed by atoms with Crippen LogP contribution in [0.15, 0.2) is 109 Å². The number of allylic oxidation sites excluding steroid dienone is 9. The Hall–Kier alpha value is -4.92. The Kier molecular flexibility index (Phi) is 10.2. The molecule has 1 aliphatic carbocycles. The summed E-state index contributed by atoms with van der Waals surface area (Å²) < 4.78 is 18.7. The number of hydrogen-bond acceptors (Lipinski definition) is 7. The first-order valence-corrected chi connectivity index (χ1v) is 15.7. The number of aryl methyl sites for hydroxylation is 1. The molecule has 4 aromatic rings.